The standard InChI is InChI=1S/C20H31N3O/c1-21-20(22-11-5-13-24-16-18-8-9-18)23-12-10-19(15-23)14-17-6-3-2-4-7-17/h2-4,6-7,18-19H,5,8-16H2,1H3,(H,21,22). The molecule has 1 unspecified atom stereocenters. The molecule has 1 saturated heterocycles. The fraction of sp³-hybridized carbons (Fsp3) is 0.650. The summed E-state index contributed by atoms with van der Waals surface area (Å²) in [6.45, 7) is 4.97. The van der Waals surface area contributed by atoms with Gasteiger partial charge in [0.2, 0.25) is 0 Å². The third-order valence-corrected chi connectivity index (χ3v) is 4.96. The molecule has 0 bridgehead atoms. The van der Waals surface area contributed by atoms with E-state index in [2.05, 4.69) is 45.5 Å². The number of nitrogens with zero attached hydrogens (tertiary/aromatic N) is 2. The maximum absolute atomic E-state index is 5.69. The van der Waals surface area contributed by atoms with E-state index in [0.29, 0.717) is 0 Å². The van der Waals surface area contributed by atoms with Crippen molar-refractivity contribution in [2.75, 3.05) is 39.9 Å². The molecule has 0 radical (unpaired) electrons. The summed E-state index contributed by atoms with van der Waals surface area (Å²) in [6, 6.07) is 10.8. The summed E-state index contributed by atoms with van der Waals surface area (Å²) in [7, 11) is 1.89. The third-order valence-electron chi connectivity index (χ3n) is 4.96. The van der Waals surface area contributed by atoms with Gasteiger partial charge in [-0.25, -0.2) is 0 Å². The number of rotatable bonds is 8. The number of nitrogens with one attached hydrogen (secondary N) is 1. The number of benzene rings is 1. The Kier molecular flexibility index (Phi) is 6.53. The van der Waals surface area contributed by atoms with Crippen LogP contribution in [0.5, 0.6) is 0 Å². The highest BCUT2D eigenvalue weighted by Crippen LogP contribution is 2.28. The predicted octanol–water partition coefficient (Wildman–Crippen LogP) is 2.94. The van der Waals surface area contributed by atoms with Crippen LogP contribution in [0.1, 0.15) is 31.2 Å². The van der Waals surface area contributed by atoms with E-state index in [4.69, 9.17) is 4.74 Å². The lowest BCUT2D eigenvalue weighted by Gasteiger charge is -2.21. The van der Waals surface area contributed by atoms with E-state index in [9.17, 15) is 0 Å². The van der Waals surface area contributed by atoms with E-state index in [1.54, 1.807) is 0 Å². The molecular weight excluding hydrogens is 298 g/mol. The molecule has 4 nitrogen and oxygen atoms in total. The van der Waals surface area contributed by atoms with Crippen molar-refractivity contribution in [1.29, 1.82) is 0 Å². The first kappa shape index (κ1) is 17.3. The first-order valence-electron chi connectivity index (χ1n) is 9.42. The molecule has 2 fully saturated rings. The lowest BCUT2D eigenvalue weighted by molar-refractivity contribution is 0.122. The zero-order chi connectivity index (χ0) is 16.6. The number of likely N-dealkylation sites (tertiary alicyclic amines) is 1. The minimum absolute atomic E-state index is 0.729. The number of ether oxygens (including phenoxy) is 1. The molecule has 2 aliphatic rings. The average Bonchev–Trinajstić information content (AvgIpc) is 3.33. The van der Waals surface area contributed by atoms with Gasteiger partial charge in [0.25, 0.3) is 0 Å². The Morgan fingerprint density at radius 1 is 1.21 bits per heavy atom. The van der Waals surface area contributed by atoms with Crippen molar-refractivity contribution in [2.24, 2.45) is 16.8 Å². The van der Waals surface area contributed by atoms with Gasteiger partial charge in [-0.15, -0.1) is 0 Å². The molecule has 1 atom stereocenters. The van der Waals surface area contributed by atoms with Crippen LogP contribution in [0.25, 0.3) is 0 Å². The van der Waals surface area contributed by atoms with Gasteiger partial charge in [-0.2, -0.15) is 0 Å². The van der Waals surface area contributed by atoms with E-state index >= 15 is 0 Å². The predicted molar refractivity (Wildman–Crippen MR) is 99.3 cm³/mol. The van der Waals surface area contributed by atoms with Gasteiger partial charge in [0.1, 0.15) is 0 Å². The zero-order valence-electron chi connectivity index (χ0n) is 14.9. The lowest BCUT2D eigenvalue weighted by Crippen LogP contribution is -2.40. The molecule has 0 aromatic heterocycles. The summed E-state index contributed by atoms with van der Waals surface area (Å²) >= 11 is 0. The average molecular weight is 329 g/mol. The molecule has 1 aromatic carbocycles. The van der Waals surface area contributed by atoms with E-state index in [0.717, 1.165) is 57.1 Å². The molecule has 0 spiro atoms. The first-order valence-corrected chi connectivity index (χ1v) is 9.42. The number of hydrogen-bond donors (Lipinski definition) is 1. The Balaban J connectivity index is 1.33. The van der Waals surface area contributed by atoms with Gasteiger partial charge in [-0.05, 0) is 49.5 Å². The van der Waals surface area contributed by atoms with E-state index in [1.807, 2.05) is 7.05 Å². The zero-order valence-corrected chi connectivity index (χ0v) is 14.9. The fourth-order valence-electron chi connectivity index (χ4n) is 3.38. The Morgan fingerprint density at radius 3 is 2.79 bits per heavy atom. The molecule has 1 aliphatic heterocycles. The van der Waals surface area contributed by atoms with Gasteiger partial charge < -0.3 is 15.0 Å². The molecule has 4 heteroatoms. The summed E-state index contributed by atoms with van der Waals surface area (Å²) in [6.07, 6.45) is 6.20. The van der Waals surface area contributed by atoms with Crippen molar-refractivity contribution in [3.05, 3.63) is 35.9 Å². The van der Waals surface area contributed by atoms with Gasteiger partial charge in [0.05, 0.1) is 0 Å². The number of hydrogen-bond acceptors (Lipinski definition) is 2. The van der Waals surface area contributed by atoms with Crippen molar-refractivity contribution >= 4 is 5.96 Å². The quantitative estimate of drug-likeness (QED) is 0.453. The number of guanidine groups is 1. The summed E-state index contributed by atoms with van der Waals surface area (Å²) in [4.78, 5) is 6.86. The molecular formula is C20H31N3O. The monoisotopic (exact) mass is 329 g/mol. The minimum atomic E-state index is 0.729. The molecule has 1 saturated carbocycles. The second kappa shape index (κ2) is 9.07. The normalized spacial score (nSPS) is 21.3. The fourth-order valence-corrected chi connectivity index (χ4v) is 3.38. The first-order chi connectivity index (χ1) is 11.8. The van der Waals surface area contributed by atoms with E-state index < -0.39 is 0 Å². The van der Waals surface area contributed by atoms with Gasteiger partial charge in [-0.3, -0.25) is 4.99 Å². The Labute approximate surface area is 146 Å². The van der Waals surface area contributed by atoms with E-state index in [-0.39, 0.29) is 0 Å². The van der Waals surface area contributed by atoms with Crippen LogP contribution in [0.2, 0.25) is 0 Å². The number of aliphatic imine (C=N–C) groups is 1. The molecule has 0 amide bonds. The lowest BCUT2D eigenvalue weighted by atomic mass is 9.99. The van der Waals surface area contributed by atoms with Crippen molar-refractivity contribution in [2.45, 2.75) is 32.1 Å². The summed E-state index contributed by atoms with van der Waals surface area (Å²) in [5.41, 5.74) is 1.44. The van der Waals surface area contributed by atoms with Crippen molar-refractivity contribution in [3.63, 3.8) is 0 Å². The summed E-state index contributed by atoms with van der Waals surface area (Å²) in [5, 5.41) is 3.50. The van der Waals surface area contributed by atoms with Crippen LogP contribution in [0.3, 0.4) is 0 Å². The van der Waals surface area contributed by atoms with Crippen LogP contribution in [-0.2, 0) is 11.2 Å². The molecule has 3 rings (SSSR count). The molecule has 1 aromatic rings. The Hall–Kier alpha value is -1.55. The van der Waals surface area contributed by atoms with Crippen LogP contribution >= 0.6 is 0 Å². The Bertz CT molecular complexity index is 513. The van der Waals surface area contributed by atoms with Crippen LogP contribution in [0, 0.1) is 11.8 Å². The maximum Gasteiger partial charge on any atom is 0.193 e. The molecule has 1 heterocycles. The van der Waals surface area contributed by atoms with Crippen molar-refractivity contribution < 1.29 is 4.74 Å². The van der Waals surface area contributed by atoms with Crippen LogP contribution in [-0.4, -0.2) is 50.8 Å². The highest BCUT2D eigenvalue weighted by Gasteiger charge is 2.25. The van der Waals surface area contributed by atoms with Gasteiger partial charge >= 0.3 is 0 Å². The SMILES string of the molecule is CN=C(NCCCOCC1CC1)N1CCC(Cc2ccccc2)C1. The van der Waals surface area contributed by atoms with Gasteiger partial charge in [0, 0.05) is 39.9 Å². The van der Waals surface area contributed by atoms with Crippen LogP contribution < -0.4 is 5.32 Å². The molecule has 24 heavy (non-hydrogen) atoms. The maximum atomic E-state index is 5.69. The largest absolute Gasteiger partial charge is 0.381 e. The molecule has 132 valence electrons. The second-order valence-corrected chi connectivity index (χ2v) is 7.14. The summed E-state index contributed by atoms with van der Waals surface area (Å²) in [5.74, 6) is 2.64. The molecule has 1 N–H and O–H groups in total. The van der Waals surface area contributed by atoms with Gasteiger partial charge in [-0.1, -0.05) is 30.3 Å². The Morgan fingerprint density at radius 2 is 2.04 bits per heavy atom. The van der Waals surface area contributed by atoms with Crippen molar-refractivity contribution in [1.82, 2.24) is 10.2 Å². The second-order valence-electron chi connectivity index (χ2n) is 7.14. The topological polar surface area (TPSA) is 36.9 Å². The van der Waals surface area contributed by atoms with Crippen LogP contribution in [0.15, 0.2) is 35.3 Å². The van der Waals surface area contributed by atoms with Gasteiger partial charge in [0.15, 0.2) is 5.96 Å². The smallest absolute Gasteiger partial charge is 0.193 e. The van der Waals surface area contributed by atoms with Crippen molar-refractivity contribution in [3.8, 4) is 0 Å². The van der Waals surface area contributed by atoms with E-state index in [1.165, 1.54) is 31.2 Å². The minimum Gasteiger partial charge on any atom is -0.381 e. The third kappa shape index (κ3) is 5.52. The van der Waals surface area contributed by atoms with Crippen LogP contribution in [0.4, 0.5) is 0 Å². The summed E-state index contributed by atoms with van der Waals surface area (Å²) < 4.78 is 5.69. The molecule has 1 aliphatic carbocycles. The highest BCUT2D eigenvalue weighted by atomic mass is 16.5. The highest BCUT2D eigenvalue weighted by molar-refractivity contribution is 5.80.